The summed E-state index contributed by atoms with van der Waals surface area (Å²) in [7, 11) is 0. The fourth-order valence-electron chi connectivity index (χ4n) is 2.85. The minimum Gasteiger partial charge on any atom is -0.490 e. The Morgan fingerprint density at radius 3 is 2.40 bits per heavy atom. The summed E-state index contributed by atoms with van der Waals surface area (Å²) < 4.78 is 11.6. The molecule has 6 nitrogen and oxygen atoms in total. The second kappa shape index (κ2) is 9.89. The number of nitrogens with zero attached hydrogens (tertiary/aromatic N) is 2. The zero-order chi connectivity index (χ0) is 21.3. The number of ether oxygens (including phenoxy) is 2. The molecule has 6 heteroatoms. The summed E-state index contributed by atoms with van der Waals surface area (Å²) in [5, 5.41) is 20.4. The molecule has 0 aliphatic rings. The molecule has 30 heavy (non-hydrogen) atoms. The van der Waals surface area contributed by atoms with Gasteiger partial charge in [0.15, 0.2) is 11.5 Å². The van der Waals surface area contributed by atoms with E-state index in [1.807, 2.05) is 55.5 Å². The van der Waals surface area contributed by atoms with Crippen molar-refractivity contribution in [1.29, 1.82) is 5.26 Å². The van der Waals surface area contributed by atoms with Crippen LogP contribution in [0.25, 0.3) is 11.6 Å². The predicted molar refractivity (Wildman–Crippen MR) is 115 cm³/mol. The van der Waals surface area contributed by atoms with Gasteiger partial charge in [-0.1, -0.05) is 36.4 Å². The normalized spacial score (nSPS) is 10.9. The highest BCUT2D eigenvalue weighted by molar-refractivity contribution is 5.90. The lowest BCUT2D eigenvalue weighted by molar-refractivity contribution is -0.384. The molecule has 0 N–H and O–H groups in total. The lowest BCUT2D eigenvalue weighted by Crippen LogP contribution is -2.00. The van der Waals surface area contributed by atoms with Crippen LogP contribution in [0.4, 0.5) is 5.69 Å². The Hall–Kier alpha value is -4.11. The van der Waals surface area contributed by atoms with Gasteiger partial charge in [0.05, 0.1) is 23.2 Å². The maximum Gasteiger partial charge on any atom is 0.269 e. The smallest absolute Gasteiger partial charge is 0.269 e. The molecule has 0 saturated heterocycles. The fourth-order valence-corrected chi connectivity index (χ4v) is 2.85. The highest BCUT2D eigenvalue weighted by Crippen LogP contribution is 2.31. The summed E-state index contributed by atoms with van der Waals surface area (Å²) in [6, 6.07) is 23.3. The molecule has 0 aromatic heterocycles. The van der Waals surface area contributed by atoms with Gasteiger partial charge in [-0.3, -0.25) is 10.1 Å². The lowest BCUT2D eigenvalue weighted by Gasteiger charge is -2.13. The molecule has 0 saturated carbocycles. The van der Waals surface area contributed by atoms with Crippen LogP contribution in [0.1, 0.15) is 23.6 Å². The first-order chi connectivity index (χ1) is 14.6. The van der Waals surface area contributed by atoms with Gasteiger partial charge in [-0.05, 0) is 54.0 Å². The number of hydrogen-bond donors (Lipinski definition) is 0. The van der Waals surface area contributed by atoms with Crippen molar-refractivity contribution in [2.24, 2.45) is 0 Å². The van der Waals surface area contributed by atoms with Crippen LogP contribution < -0.4 is 9.47 Å². The second-order valence-electron chi connectivity index (χ2n) is 6.39. The molecular weight excluding hydrogens is 380 g/mol. The van der Waals surface area contributed by atoms with E-state index in [-0.39, 0.29) is 5.69 Å². The summed E-state index contributed by atoms with van der Waals surface area (Å²) in [6.45, 7) is 2.78. The van der Waals surface area contributed by atoms with Crippen molar-refractivity contribution in [1.82, 2.24) is 0 Å². The first-order valence-corrected chi connectivity index (χ1v) is 9.41. The molecule has 0 heterocycles. The van der Waals surface area contributed by atoms with Crippen molar-refractivity contribution in [2.75, 3.05) is 6.61 Å². The zero-order valence-corrected chi connectivity index (χ0v) is 16.4. The number of non-ortho nitro benzene ring substituents is 1. The Morgan fingerprint density at radius 2 is 1.77 bits per heavy atom. The second-order valence-corrected chi connectivity index (χ2v) is 6.39. The molecule has 0 unspecified atom stereocenters. The molecule has 0 amide bonds. The maximum absolute atomic E-state index is 10.8. The third-order valence-electron chi connectivity index (χ3n) is 4.33. The van der Waals surface area contributed by atoms with Crippen LogP contribution in [0, 0.1) is 21.4 Å². The summed E-state index contributed by atoms with van der Waals surface area (Å²) in [4.78, 5) is 10.3. The zero-order valence-electron chi connectivity index (χ0n) is 16.4. The third kappa shape index (κ3) is 5.24. The molecule has 0 aliphatic heterocycles. The first kappa shape index (κ1) is 20.6. The van der Waals surface area contributed by atoms with Gasteiger partial charge in [-0.15, -0.1) is 0 Å². The number of benzene rings is 3. The minimum absolute atomic E-state index is 0.0189. The molecule has 0 bridgehead atoms. The van der Waals surface area contributed by atoms with Crippen molar-refractivity contribution < 1.29 is 14.4 Å². The third-order valence-corrected chi connectivity index (χ3v) is 4.33. The van der Waals surface area contributed by atoms with E-state index in [1.165, 1.54) is 12.1 Å². The van der Waals surface area contributed by atoms with Gasteiger partial charge < -0.3 is 9.47 Å². The molecule has 0 radical (unpaired) electrons. The Labute approximate surface area is 174 Å². The molecule has 0 aliphatic carbocycles. The van der Waals surface area contributed by atoms with Gasteiger partial charge in [0.2, 0.25) is 0 Å². The molecule has 3 aromatic rings. The van der Waals surface area contributed by atoms with Crippen molar-refractivity contribution >= 4 is 17.3 Å². The Balaban J connectivity index is 1.84. The quantitative estimate of drug-likeness (QED) is 0.211. The van der Waals surface area contributed by atoms with Gasteiger partial charge >= 0.3 is 0 Å². The van der Waals surface area contributed by atoms with Crippen LogP contribution in [0.5, 0.6) is 11.5 Å². The van der Waals surface area contributed by atoms with Crippen molar-refractivity contribution in [3.63, 3.8) is 0 Å². The van der Waals surface area contributed by atoms with E-state index in [1.54, 1.807) is 18.2 Å². The molecular formula is C24H20N2O4. The summed E-state index contributed by atoms with van der Waals surface area (Å²) in [5.41, 5.74) is 2.79. The largest absolute Gasteiger partial charge is 0.490 e. The number of nitro groups is 1. The van der Waals surface area contributed by atoms with E-state index < -0.39 is 4.92 Å². The van der Waals surface area contributed by atoms with Crippen LogP contribution in [0.2, 0.25) is 0 Å². The summed E-state index contributed by atoms with van der Waals surface area (Å²) in [5.74, 6) is 1.20. The van der Waals surface area contributed by atoms with Gasteiger partial charge in [0.1, 0.15) is 6.61 Å². The van der Waals surface area contributed by atoms with Gasteiger partial charge in [0, 0.05) is 12.1 Å². The fraction of sp³-hybridized carbons (Fsp3) is 0.125. The van der Waals surface area contributed by atoms with Gasteiger partial charge in [0.25, 0.3) is 5.69 Å². The monoisotopic (exact) mass is 400 g/mol. The summed E-state index contributed by atoms with van der Waals surface area (Å²) >= 11 is 0. The van der Waals surface area contributed by atoms with Crippen LogP contribution in [-0.2, 0) is 6.61 Å². The van der Waals surface area contributed by atoms with Gasteiger partial charge in [-0.25, -0.2) is 0 Å². The topological polar surface area (TPSA) is 85.4 Å². The number of allylic oxidation sites excluding steroid dienone is 1. The van der Waals surface area contributed by atoms with E-state index >= 15 is 0 Å². The number of nitro benzene ring substituents is 1. The highest BCUT2D eigenvalue weighted by Gasteiger charge is 2.09. The molecule has 150 valence electrons. The number of hydrogen-bond acceptors (Lipinski definition) is 5. The minimum atomic E-state index is -0.470. The SMILES string of the molecule is CCOc1cc(C=C(C#N)c2ccc([N+](=O)[O-])cc2)ccc1OCc1ccccc1. The van der Waals surface area contributed by atoms with Gasteiger partial charge in [-0.2, -0.15) is 5.26 Å². The molecule has 3 aromatic carbocycles. The molecule has 0 atom stereocenters. The predicted octanol–water partition coefficient (Wildman–Crippen LogP) is 5.64. The first-order valence-electron chi connectivity index (χ1n) is 9.41. The van der Waals surface area contributed by atoms with Crippen molar-refractivity contribution in [3.05, 3.63) is 99.6 Å². The molecule has 0 fully saturated rings. The Bertz CT molecular complexity index is 1080. The van der Waals surface area contributed by atoms with Crippen LogP contribution in [0.15, 0.2) is 72.8 Å². The maximum atomic E-state index is 10.8. The Kier molecular flexibility index (Phi) is 6.80. The van der Waals surface area contributed by atoms with Crippen molar-refractivity contribution in [2.45, 2.75) is 13.5 Å². The molecule has 0 spiro atoms. The lowest BCUT2D eigenvalue weighted by atomic mass is 10.0. The van der Waals surface area contributed by atoms with E-state index in [0.717, 1.165) is 11.1 Å². The van der Waals surface area contributed by atoms with E-state index in [2.05, 4.69) is 6.07 Å². The van der Waals surface area contributed by atoms with E-state index in [9.17, 15) is 15.4 Å². The number of rotatable bonds is 8. The van der Waals surface area contributed by atoms with E-state index in [4.69, 9.17) is 9.47 Å². The number of nitriles is 1. The summed E-state index contributed by atoms with van der Waals surface area (Å²) in [6.07, 6.45) is 1.71. The highest BCUT2D eigenvalue weighted by atomic mass is 16.6. The standard InChI is InChI=1S/C24H20N2O4/c1-2-29-24-15-19(8-13-23(24)30-17-18-6-4-3-5-7-18)14-21(16-25)20-9-11-22(12-10-20)26(27)28/h3-15H,2,17H2,1H3. The van der Waals surface area contributed by atoms with Crippen LogP contribution >= 0.6 is 0 Å². The van der Waals surface area contributed by atoms with E-state index in [0.29, 0.717) is 35.8 Å². The Morgan fingerprint density at radius 1 is 1.03 bits per heavy atom. The average Bonchev–Trinajstić information content (AvgIpc) is 2.78. The van der Waals surface area contributed by atoms with Crippen LogP contribution in [0.3, 0.4) is 0 Å². The average molecular weight is 400 g/mol. The van der Waals surface area contributed by atoms with Crippen molar-refractivity contribution in [3.8, 4) is 17.6 Å². The van der Waals surface area contributed by atoms with Crippen LogP contribution in [-0.4, -0.2) is 11.5 Å². The molecule has 3 rings (SSSR count).